The van der Waals surface area contributed by atoms with Crippen LogP contribution in [0.3, 0.4) is 0 Å². The van der Waals surface area contributed by atoms with Gasteiger partial charge in [-0.25, -0.2) is 4.72 Å². The predicted molar refractivity (Wildman–Crippen MR) is 43.2 cm³/mol. The van der Waals surface area contributed by atoms with Gasteiger partial charge < -0.3 is 0 Å². The van der Waals surface area contributed by atoms with E-state index in [0.29, 0.717) is 13.1 Å². The van der Waals surface area contributed by atoms with Crippen molar-refractivity contribution in [2.75, 3.05) is 20.1 Å². The van der Waals surface area contributed by atoms with Crippen LogP contribution >= 0.6 is 0 Å². The Morgan fingerprint density at radius 1 is 1.67 bits per heavy atom. The molecule has 0 atom stereocenters. The summed E-state index contributed by atoms with van der Waals surface area (Å²) in [5, 5.41) is 8.24. The summed E-state index contributed by atoms with van der Waals surface area (Å²) in [6.07, 6.45) is 1.38. The Hall–Kier alpha value is -0.900. The molecule has 5 nitrogen and oxygen atoms in total. The molecule has 0 aliphatic carbocycles. The van der Waals surface area contributed by atoms with E-state index >= 15 is 0 Å². The molecular formula is C6H9N3O2S. The average molecular weight is 187 g/mol. The van der Waals surface area contributed by atoms with Crippen LogP contribution in [0.1, 0.15) is 0 Å². The summed E-state index contributed by atoms with van der Waals surface area (Å²) in [6.45, 7) is 0.660. The molecule has 1 heterocycles. The van der Waals surface area contributed by atoms with Crippen molar-refractivity contribution in [1.29, 1.82) is 5.26 Å². The van der Waals surface area contributed by atoms with Gasteiger partial charge in [0, 0.05) is 26.2 Å². The van der Waals surface area contributed by atoms with Gasteiger partial charge in [-0.1, -0.05) is 0 Å². The zero-order valence-electron chi connectivity index (χ0n) is 6.61. The molecule has 12 heavy (non-hydrogen) atoms. The minimum absolute atomic E-state index is 0.330. The fourth-order valence-corrected chi connectivity index (χ4v) is 1.82. The highest BCUT2D eigenvalue weighted by atomic mass is 32.2. The third-order valence-corrected chi connectivity index (χ3v) is 3.08. The van der Waals surface area contributed by atoms with Crippen LogP contribution in [0.2, 0.25) is 0 Å². The molecule has 66 valence electrons. The maximum Gasteiger partial charge on any atom is 0.279 e. The number of hydrogen-bond donors (Lipinski definition) is 1. The van der Waals surface area contributed by atoms with E-state index in [1.807, 2.05) is 6.07 Å². The van der Waals surface area contributed by atoms with Crippen LogP contribution in [0.4, 0.5) is 0 Å². The molecule has 1 N–H and O–H groups in total. The number of nitrogens with zero attached hydrogens (tertiary/aromatic N) is 2. The lowest BCUT2D eigenvalue weighted by atomic mass is 10.1. The van der Waals surface area contributed by atoms with Gasteiger partial charge in [-0.05, 0) is 5.57 Å². The molecule has 0 aromatic carbocycles. The van der Waals surface area contributed by atoms with Gasteiger partial charge in [-0.2, -0.15) is 18.0 Å². The van der Waals surface area contributed by atoms with Crippen molar-refractivity contribution < 1.29 is 8.42 Å². The van der Waals surface area contributed by atoms with Crippen molar-refractivity contribution in [3.8, 4) is 6.07 Å². The summed E-state index contributed by atoms with van der Waals surface area (Å²) in [7, 11) is -1.92. The second-order valence-electron chi connectivity index (χ2n) is 2.41. The quantitative estimate of drug-likeness (QED) is 0.576. The molecule has 0 aromatic rings. The fraction of sp³-hybridized carbons (Fsp3) is 0.500. The van der Waals surface area contributed by atoms with Gasteiger partial charge in [-0.3, -0.25) is 0 Å². The van der Waals surface area contributed by atoms with Crippen LogP contribution in [-0.4, -0.2) is 32.9 Å². The predicted octanol–water partition coefficient (Wildman–Crippen LogP) is -0.784. The van der Waals surface area contributed by atoms with E-state index in [9.17, 15) is 8.42 Å². The van der Waals surface area contributed by atoms with Gasteiger partial charge in [0.15, 0.2) is 0 Å². The van der Waals surface area contributed by atoms with Crippen LogP contribution in [0, 0.1) is 11.3 Å². The van der Waals surface area contributed by atoms with E-state index in [1.54, 1.807) is 0 Å². The van der Waals surface area contributed by atoms with Crippen molar-refractivity contribution in [2.45, 2.75) is 0 Å². The summed E-state index contributed by atoms with van der Waals surface area (Å²) in [6, 6.07) is 1.86. The monoisotopic (exact) mass is 187 g/mol. The summed E-state index contributed by atoms with van der Waals surface area (Å²) in [4.78, 5) is 0. The van der Waals surface area contributed by atoms with Gasteiger partial charge in [-0.15, -0.1) is 0 Å². The molecule has 0 amide bonds. The first-order chi connectivity index (χ1) is 5.60. The molecule has 6 heteroatoms. The van der Waals surface area contributed by atoms with Crippen molar-refractivity contribution in [1.82, 2.24) is 9.03 Å². The second-order valence-corrected chi connectivity index (χ2v) is 4.28. The number of nitrogens with one attached hydrogen (secondary N) is 1. The van der Waals surface area contributed by atoms with Gasteiger partial charge >= 0.3 is 0 Å². The highest BCUT2D eigenvalue weighted by molar-refractivity contribution is 7.87. The van der Waals surface area contributed by atoms with Crippen LogP contribution in [-0.2, 0) is 10.2 Å². The van der Waals surface area contributed by atoms with E-state index in [4.69, 9.17) is 5.26 Å². The van der Waals surface area contributed by atoms with E-state index in [2.05, 4.69) is 4.72 Å². The first-order valence-corrected chi connectivity index (χ1v) is 4.80. The molecule has 0 radical (unpaired) electrons. The largest absolute Gasteiger partial charge is 0.279 e. The Balaban J connectivity index is 2.57. The Morgan fingerprint density at radius 3 is 2.67 bits per heavy atom. The first-order valence-electron chi connectivity index (χ1n) is 3.36. The Kier molecular flexibility index (Phi) is 2.47. The number of allylic oxidation sites excluding steroid dienone is 1. The zero-order valence-corrected chi connectivity index (χ0v) is 7.43. The molecule has 1 aliphatic rings. The lowest BCUT2D eigenvalue weighted by Gasteiger charge is -2.31. The maximum absolute atomic E-state index is 11.0. The van der Waals surface area contributed by atoms with Gasteiger partial charge in [0.2, 0.25) is 0 Å². The fourth-order valence-electron chi connectivity index (χ4n) is 0.888. The van der Waals surface area contributed by atoms with Gasteiger partial charge in [0.1, 0.15) is 0 Å². The number of rotatable bonds is 2. The van der Waals surface area contributed by atoms with Crippen molar-refractivity contribution in [3.63, 3.8) is 0 Å². The summed E-state index contributed by atoms with van der Waals surface area (Å²) in [5.41, 5.74) is 0.844. The van der Waals surface area contributed by atoms with Gasteiger partial charge in [0.25, 0.3) is 10.2 Å². The Morgan fingerprint density at radius 2 is 2.25 bits per heavy atom. The third-order valence-electron chi connectivity index (χ3n) is 1.63. The van der Waals surface area contributed by atoms with Gasteiger partial charge in [0.05, 0.1) is 6.07 Å². The number of nitriles is 1. The topological polar surface area (TPSA) is 73.2 Å². The van der Waals surface area contributed by atoms with Crippen LogP contribution < -0.4 is 4.72 Å². The van der Waals surface area contributed by atoms with Crippen LogP contribution in [0.25, 0.3) is 0 Å². The average Bonchev–Trinajstić information content (AvgIpc) is 1.95. The lowest BCUT2D eigenvalue weighted by Crippen LogP contribution is -2.48. The standard InChI is InChI=1S/C6H9N3O2S/c1-8-12(10,11)9-4-6(5-9)2-3-7/h2,8H,4-5H2,1H3. The minimum Gasteiger partial charge on any atom is -0.205 e. The SMILES string of the molecule is CNS(=O)(=O)N1CC(=CC#N)C1. The Bertz CT molecular complexity index is 330. The number of hydrogen-bond acceptors (Lipinski definition) is 3. The first kappa shape index (κ1) is 9.19. The van der Waals surface area contributed by atoms with Crippen LogP contribution in [0.5, 0.6) is 0 Å². The third kappa shape index (κ3) is 1.64. The summed E-state index contributed by atoms with van der Waals surface area (Å²) >= 11 is 0. The van der Waals surface area contributed by atoms with E-state index in [1.165, 1.54) is 17.4 Å². The molecule has 0 bridgehead atoms. The highest BCUT2D eigenvalue weighted by Gasteiger charge is 2.29. The Labute approximate surface area is 71.5 Å². The van der Waals surface area contributed by atoms with Crippen LogP contribution in [0.15, 0.2) is 11.6 Å². The molecule has 0 unspecified atom stereocenters. The zero-order chi connectivity index (χ0) is 9.19. The minimum atomic E-state index is -3.28. The molecule has 0 aromatic heterocycles. The highest BCUT2D eigenvalue weighted by Crippen LogP contribution is 2.16. The molecule has 0 spiro atoms. The van der Waals surface area contributed by atoms with E-state index in [-0.39, 0.29) is 0 Å². The normalized spacial score (nSPS) is 18.2. The molecule has 0 saturated carbocycles. The molecule has 1 saturated heterocycles. The van der Waals surface area contributed by atoms with E-state index < -0.39 is 10.2 Å². The molecular weight excluding hydrogens is 178 g/mol. The molecule has 1 rings (SSSR count). The van der Waals surface area contributed by atoms with E-state index in [0.717, 1.165) is 5.57 Å². The van der Waals surface area contributed by atoms with Crippen molar-refractivity contribution >= 4 is 10.2 Å². The second kappa shape index (κ2) is 3.23. The lowest BCUT2D eigenvalue weighted by molar-refractivity contribution is 0.386. The maximum atomic E-state index is 11.0. The smallest absolute Gasteiger partial charge is 0.205 e. The summed E-state index contributed by atoms with van der Waals surface area (Å²) in [5.74, 6) is 0. The van der Waals surface area contributed by atoms with Crippen molar-refractivity contribution in [2.24, 2.45) is 0 Å². The summed E-state index contributed by atoms with van der Waals surface area (Å²) < 4.78 is 25.5. The van der Waals surface area contributed by atoms with Crippen molar-refractivity contribution in [3.05, 3.63) is 11.6 Å². The molecule has 1 fully saturated rings. The molecule has 1 aliphatic heterocycles.